The molecule has 564 valence electrons. The fraction of sp³-hybridized carbons (Fsp3) is 0.635. The minimum absolute atomic E-state index is 0.00423. The number of benzene rings is 3. The van der Waals surface area contributed by atoms with Gasteiger partial charge in [-0.2, -0.15) is 99.6 Å². The van der Waals surface area contributed by atoms with Gasteiger partial charge in [0.2, 0.25) is 5.91 Å². The predicted molar refractivity (Wildman–Crippen MR) is 318 cm³/mol. The SMILES string of the molecule is CCCC(CC(CC(C)(CC(CC(C)(CC)C(=O)OCCc1ccc(O)c(-n2nc3ccccc3n2)c1)C(=O)OCCC(F)(F)C(F)(F)C(F)(F)C(F)(F)C(C)(F)F)C(=O)OCCCSC)C(=O)OCCC(F)(F)C(F)(F)C(F)(F)C(F)(F)C(C)(F)F)C(=O)NCCc1ccc(O)c(O)c1. The summed E-state index contributed by atoms with van der Waals surface area (Å²) in [6.45, 7) is -2.98. The van der Waals surface area contributed by atoms with Crippen molar-refractivity contribution in [2.24, 2.45) is 28.6 Å². The van der Waals surface area contributed by atoms with Gasteiger partial charge in [0.15, 0.2) is 11.5 Å². The van der Waals surface area contributed by atoms with E-state index in [1.807, 2.05) is 0 Å². The third-order valence-corrected chi connectivity index (χ3v) is 17.4. The number of carbonyl (C=O) groups excluding carboxylic acids is 5. The van der Waals surface area contributed by atoms with Gasteiger partial charge < -0.3 is 39.6 Å². The van der Waals surface area contributed by atoms with Crippen molar-refractivity contribution in [1.82, 2.24) is 20.3 Å². The number of aromatic nitrogens is 3. The van der Waals surface area contributed by atoms with Crippen LogP contribution in [0.15, 0.2) is 60.7 Å². The fourth-order valence-electron chi connectivity index (χ4n) is 10.3. The van der Waals surface area contributed by atoms with Crippen LogP contribution in [0.25, 0.3) is 16.7 Å². The summed E-state index contributed by atoms with van der Waals surface area (Å²) < 4.78 is 310. The molecule has 1 heterocycles. The van der Waals surface area contributed by atoms with Crippen LogP contribution < -0.4 is 5.32 Å². The van der Waals surface area contributed by atoms with Gasteiger partial charge in [-0.1, -0.05) is 44.5 Å². The van der Waals surface area contributed by atoms with Crippen molar-refractivity contribution in [3.8, 4) is 22.9 Å². The summed E-state index contributed by atoms with van der Waals surface area (Å²) in [5.41, 5.74) is -3.16. The van der Waals surface area contributed by atoms with Gasteiger partial charge in [-0.05, 0) is 125 Å². The van der Waals surface area contributed by atoms with E-state index in [-0.39, 0.29) is 55.8 Å². The largest absolute Gasteiger partial charge is 0.506 e. The minimum Gasteiger partial charge on any atom is -0.506 e. The van der Waals surface area contributed by atoms with E-state index in [1.54, 1.807) is 30.5 Å². The van der Waals surface area contributed by atoms with Gasteiger partial charge in [0.1, 0.15) is 22.5 Å². The van der Waals surface area contributed by atoms with Crippen LogP contribution in [-0.4, -0.2) is 164 Å². The van der Waals surface area contributed by atoms with Crippen LogP contribution in [0, 0.1) is 28.6 Å². The van der Waals surface area contributed by atoms with Gasteiger partial charge in [-0.25, -0.2) is 0 Å². The second-order valence-electron chi connectivity index (χ2n) is 24.7. The first-order valence-electron chi connectivity index (χ1n) is 30.7. The number of carbonyl (C=O) groups is 5. The van der Waals surface area contributed by atoms with Crippen LogP contribution in [0.5, 0.6) is 17.2 Å². The van der Waals surface area contributed by atoms with Crippen molar-refractivity contribution in [3.63, 3.8) is 0 Å². The minimum atomic E-state index is -7.53. The van der Waals surface area contributed by atoms with Crippen LogP contribution in [0.3, 0.4) is 0 Å². The first-order valence-corrected chi connectivity index (χ1v) is 32.1. The normalized spacial score (nSPS) is 15.5. The highest BCUT2D eigenvalue weighted by molar-refractivity contribution is 7.98. The molecule has 0 fully saturated rings. The Morgan fingerprint density at radius 2 is 0.970 bits per heavy atom. The molecule has 0 aliphatic heterocycles. The Balaban J connectivity index is 1.86. The first-order chi connectivity index (χ1) is 45.8. The van der Waals surface area contributed by atoms with Crippen molar-refractivity contribution in [2.45, 2.75) is 178 Å². The summed E-state index contributed by atoms with van der Waals surface area (Å²) >= 11 is 1.20. The van der Waals surface area contributed by atoms with Gasteiger partial charge in [0.05, 0.1) is 61.9 Å². The molecule has 1 amide bonds. The number of alkyl halides is 20. The lowest BCUT2D eigenvalue weighted by Crippen LogP contribution is -2.66. The number of hydrogen-bond donors (Lipinski definition) is 4. The highest BCUT2D eigenvalue weighted by Gasteiger charge is 2.86. The maximum atomic E-state index is 15.2. The fourth-order valence-corrected chi connectivity index (χ4v) is 10.8. The van der Waals surface area contributed by atoms with Gasteiger partial charge >= 0.3 is 83.1 Å². The molecule has 4 rings (SSSR count). The number of phenols is 3. The smallest absolute Gasteiger partial charge is 0.384 e. The maximum absolute atomic E-state index is 15.2. The number of amides is 1. The number of aromatic hydroxyl groups is 3. The molecular formula is C63H74F20N4O12S. The third kappa shape index (κ3) is 19.3. The number of ether oxygens (including phenoxy) is 4. The zero-order chi connectivity index (χ0) is 76.3. The molecule has 4 N–H and O–H groups in total. The van der Waals surface area contributed by atoms with E-state index in [0.717, 1.165) is 30.8 Å². The summed E-state index contributed by atoms with van der Waals surface area (Å²) in [5.74, 6) is -83.9. The second kappa shape index (κ2) is 32.8. The van der Waals surface area contributed by atoms with E-state index < -0.39 is 214 Å². The van der Waals surface area contributed by atoms with Crippen LogP contribution in [-0.2, 0) is 55.8 Å². The van der Waals surface area contributed by atoms with E-state index in [4.69, 9.17) is 18.9 Å². The average Bonchev–Trinajstić information content (AvgIpc) is 0.869. The molecule has 0 saturated carbocycles. The van der Waals surface area contributed by atoms with Gasteiger partial charge in [0, 0.05) is 32.7 Å². The van der Waals surface area contributed by atoms with Gasteiger partial charge in [-0.15, -0.1) is 15.0 Å². The van der Waals surface area contributed by atoms with E-state index in [0.29, 0.717) is 22.2 Å². The number of halogens is 20. The lowest BCUT2D eigenvalue weighted by atomic mass is 9.69. The van der Waals surface area contributed by atoms with Crippen LogP contribution in [0.4, 0.5) is 87.8 Å². The topological polar surface area (TPSA) is 226 Å². The van der Waals surface area contributed by atoms with Crippen LogP contribution in [0.1, 0.15) is 117 Å². The average molecular weight is 1490 g/mol. The molecule has 0 saturated heterocycles. The van der Waals surface area contributed by atoms with Crippen molar-refractivity contribution in [2.75, 3.05) is 45.0 Å². The standard InChI is InChI=1S/C63H74F20N4O12S/c1-8-13-38(47(91)84-24-20-36-17-19-45(89)46(90)31-36)32-39(48(92)96-27-22-56(68,69)60(76,77)62(80,81)58(72,73)54(5,64)65)33-53(4,51(95)98-25-12-29-100-7)35-40(49(93)97-28-23-57(70,71)61(78,79)63(82,83)59(74,75)55(6,66)67)34-52(3,9-2)50(94)99-26-21-37-16-18-44(88)43(30-37)87-85-41-14-10-11-15-42(41)86-87/h10-11,14-19,30-31,38-40,88-90H,8-9,12-13,20-29,32-35H2,1-7H3,(H,84,91). The lowest BCUT2D eigenvalue weighted by molar-refractivity contribution is -0.399. The van der Waals surface area contributed by atoms with Gasteiger partial charge in [-0.3, -0.25) is 24.0 Å². The molecule has 0 aliphatic carbocycles. The monoisotopic (exact) mass is 1490 g/mol. The molecule has 37 heteroatoms. The van der Waals surface area contributed by atoms with Crippen LogP contribution in [0.2, 0.25) is 0 Å². The molecule has 1 aromatic heterocycles. The molecule has 16 nitrogen and oxygen atoms in total. The Kier molecular flexibility index (Phi) is 28.0. The number of hydrogen-bond acceptors (Lipinski definition) is 15. The van der Waals surface area contributed by atoms with E-state index in [9.17, 15) is 110 Å². The van der Waals surface area contributed by atoms with E-state index in [1.165, 1.54) is 49.9 Å². The van der Waals surface area contributed by atoms with E-state index >= 15 is 17.6 Å². The molecule has 0 aliphatic rings. The highest BCUT2D eigenvalue weighted by atomic mass is 32.2. The highest BCUT2D eigenvalue weighted by Crippen LogP contribution is 2.59. The second-order valence-corrected chi connectivity index (χ2v) is 25.7. The summed E-state index contributed by atoms with van der Waals surface area (Å²) in [5, 5.41) is 41.5. The van der Waals surface area contributed by atoms with Crippen molar-refractivity contribution in [3.05, 3.63) is 71.8 Å². The Morgan fingerprint density at radius 3 is 1.44 bits per heavy atom. The molecule has 0 radical (unpaired) electrons. The number of nitrogens with zero attached hydrogens (tertiary/aromatic N) is 3. The number of fused-ring (bicyclic) bond motifs is 1. The van der Waals surface area contributed by atoms with Crippen LogP contribution >= 0.6 is 11.8 Å². The number of nitrogens with one attached hydrogen (secondary N) is 1. The van der Waals surface area contributed by atoms with Gasteiger partial charge in [0.25, 0.3) is 0 Å². The maximum Gasteiger partial charge on any atom is 0.384 e. The molecule has 5 unspecified atom stereocenters. The summed E-state index contributed by atoms with van der Waals surface area (Å²) in [4.78, 5) is 73.2. The van der Waals surface area contributed by atoms with E-state index in [2.05, 4.69) is 15.5 Å². The zero-order valence-corrected chi connectivity index (χ0v) is 55.4. The summed E-state index contributed by atoms with van der Waals surface area (Å²) in [6, 6.07) is 14.2. The molecule has 0 bridgehead atoms. The zero-order valence-electron chi connectivity index (χ0n) is 54.6. The quantitative estimate of drug-likeness (QED) is 0.0107. The molecule has 3 aromatic carbocycles. The Hall–Kier alpha value is -7.24. The lowest BCUT2D eigenvalue weighted by Gasteiger charge is -2.38. The molecule has 4 aromatic rings. The third-order valence-electron chi connectivity index (χ3n) is 16.7. The molecule has 5 atom stereocenters. The molecule has 100 heavy (non-hydrogen) atoms. The molecule has 0 spiro atoms. The Morgan fingerprint density at radius 1 is 0.520 bits per heavy atom. The number of thioether (sulfide) groups is 1. The van der Waals surface area contributed by atoms with Crippen molar-refractivity contribution in [1.29, 1.82) is 0 Å². The summed E-state index contributed by atoms with van der Waals surface area (Å²) in [6.07, 6.45) is -9.49. The molecular weight excluding hydrogens is 1420 g/mol. The predicted octanol–water partition coefficient (Wildman–Crippen LogP) is 15.2. The number of phenolic OH excluding ortho intramolecular Hbond substituents is 3. The van der Waals surface area contributed by atoms with Crippen molar-refractivity contribution < 1.29 is 146 Å². The Labute approximate surface area is 563 Å². The number of rotatable bonds is 41. The summed E-state index contributed by atoms with van der Waals surface area (Å²) in [7, 11) is 0. The number of esters is 4. The Bertz CT molecular complexity index is 3410. The van der Waals surface area contributed by atoms with Crippen molar-refractivity contribution >= 4 is 52.6 Å². The first kappa shape index (κ1) is 85.2.